The average Bonchev–Trinajstić information content (AvgIpc) is 2.64. The molecule has 2 rings (SSSR count). The summed E-state index contributed by atoms with van der Waals surface area (Å²) in [5.74, 6) is 1.29. The molecule has 2 aromatic carbocycles. The molecular formula is C19H26Cl4N2O3. The molecule has 5 nitrogen and oxygen atoms in total. The highest BCUT2D eigenvalue weighted by Gasteiger charge is 2.10. The summed E-state index contributed by atoms with van der Waals surface area (Å²) in [6, 6.07) is 11.2. The number of aliphatic hydroxyl groups excluding tert-OH is 1. The standard InChI is InChI=1S/C19H24Cl2N2O3.2ClH/c1-25-19-11-14(12-23-8-7-22-9-10-24)5-6-18(19)26-13-15-16(20)3-2-4-17(15)21;;/h2-6,11,22-24H,7-10,12-13H2,1H3;2*1H. The van der Waals surface area contributed by atoms with Crippen LogP contribution in [0.25, 0.3) is 0 Å². The van der Waals surface area contributed by atoms with E-state index in [0.29, 0.717) is 34.6 Å². The Hall–Kier alpha value is -0.920. The van der Waals surface area contributed by atoms with Gasteiger partial charge in [0.25, 0.3) is 0 Å². The molecule has 3 N–H and O–H groups in total. The molecule has 9 heteroatoms. The van der Waals surface area contributed by atoms with E-state index in [9.17, 15) is 0 Å². The highest BCUT2D eigenvalue weighted by atomic mass is 35.5. The Morgan fingerprint density at radius 1 is 0.929 bits per heavy atom. The fourth-order valence-corrected chi connectivity index (χ4v) is 2.88. The largest absolute Gasteiger partial charge is 0.493 e. The van der Waals surface area contributed by atoms with E-state index in [-0.39, 0.29) is 38.0 Å². The van der Waals surface area contributed by atoms with Crippen molar-refractivity contribution in [1.29, 1.82) is 0 Å². The average molecular weight is 472 g/mol. The lowest BCUT2D eigenvalue weighted by Gasteiger charge is -2.14. The van der Waals surface area contributed by atoms with Gasteiger partial charge in [-0.2, -0.15) is 0 Å². The van der Waals surface area contributed by atoms with Crippen LogP contribution >= 0.6 is 48.0 Å². The maximum atomic E-state index is 8.71. The fourth-order valence-electron chi connectivity index (χ4n) is 2.37. The molecule has 0 bridgehead atoms. The lowest BCUT2D eigenvalue weighted by Crippen LogP contribution is -2.28. The predicted octanol–water partition coefficient (Wildman–Crippen LogP) is 4.10. The fraction of sp³-hybridized carbons (Fsp3) is 0.368. The number of rotatable bonds is 11. The van der Waals surface area contributed by atoms with E-state index < -0.39 is 0 Å². The summed E-state index contributed by atoms with van der Waals surface area (Å²) in [4.78, 5) is 0. The first-order valence-electron chi connectivity index (χ1n) is 8.40. The van der Waals surface area contributed by atoms with Crippen molar-refractivity contribution in [2.45, 2.75) is 13.2 Å². The Kier molecular flexibility index (Phi) is 14.5. The molecule has 0 fully saturated rings. The zero-order valence-corrected chi connectivity index (χ0v) is 18.7. The van der Waals surface area contributed by atoms with Crippen LogP contribution in [0, 0.1) is 0 Å². The van der Waals surface area contributed by atoms with Crippen molar-refractivity contribution in [2.75, 3.05) is 33.4 Å². The Bertz CT molecular complexity index is 685. The van der Waals surface area contributed by atoms with Crippen LogP contribution in [0.3, 0.4) is 0 Å². The molecule has 158 valence electrons. The van der Waals surface area contributed by atoms with Crippen LogP contribution in [0.5, 0.6) is 11.5 Å². The molecule has 0 saturated heterocycles. The molecule has 0 amide bonds. The normalized spacial score (nSPS) is 10.0. The summed E-state index contributed by atoms with van der Waals surface area (Å²) < 4.78 is 11.3. The topological polar surface area (TPSA) is 62.8 Å². The van der Waals surface area contributed by atoms with Crippen molar-refractivity contribution in [3.63, 3.8) is 0 Å². The molecule has 0 aliphatic heterocycles. The van der Waals surface area contributed by atoms with E-state index in [1.54, 1.807) is 25.3 Å². The first-order chi connectivity index (χ1) is 12.7. The van der Waals surface area contributed by atoms with Gasteiger partial charge < -0.3 is 25.2 Å². The number of aliphatic hydroxyl groups is 1. The minimum atomic E-state index is 0. The van der Waals surface area contributed by atoms with Gasteiger partial charge in [0.2, 0.25) is 0 Å². The van der Waals surface area contributed by atoms with Crippen LogP contribution in [0.2, 0.25) is 10.0 Å². The van der Waals surface area contributed by atoms with E-state index in [2.05, 4.69) is 10.6 Å². The summed E-state index contributed by atoms with van der Waals surface area (Å²) >= 11 is 12.3. The van der Waals surface area contributed by atoms with Crippen molar-refractivity contribution in [3.05, 3.63) is 57.6 Å². The number of ether oxygens (including phenoxy) is 2. The molecule has 0 atom stereocenters. The van der Waals surface area contributed by atoms with Gasteiger partial charge in [-0.1, -0.05) is 35.3 Å². The van der Waals surface area contributed by atoms with Crippen molar-refractivity contribution in [2.24, 2.45) is 0 Å². The van der Waals surface area contributed by atoms with Gasteiger partial charge >= 0.3 is 0 Å². The zero-order valence-electron chi connectivity index (χ0n) is 15.5. The van der Waals surface area contributed by atoms with E-state index in [1.165, 1.54) is 0 Å². The number of nitrogens with one attached hydrogen (secondary N) is 2. The van der Waals surface area contributed by atoms with E-state index in [4.69, 9.17) is 37.8 Å². The number of halogens is 4. The van der Waals surface area contributed by atoms with Gasteiger partial charge in [-0.3, -0.25) is 0 Å². The summed E-state index contributed by atoms with van der Waals surface area (Å²) in [6.45, 7) is 3.36. The summed E-state index contributed by atoms with van der Waals surface area (Å²) in [7, 11) is 1.61. The molecule has 0 radical (unpaired) electrons. The van der Waals surface area contributed by atoms with Crippen LogP contribution in [0.15, 0.2) is 36.4 Å². The Labute approximate surface area is 188 Å². The minimum absolute atomic E-state index is 0. The SMILES string of the molecule is COc1cc(CNCCNCCO)ccc1OCc1c(Cl)cccc1Cl.Cl.Cl. The number of hydrogen-bond acceptors (Lipinski definition) is 5. The third-order valence-electron chi connectivity index (χ3n) is 3.76. The maximum Gasteiger partial charge on any atom is 0.161 e. The van der Waals surface area contributed by atoms with Crippen molar-refractivity contribution in [1.82, 2.24) is 10.6 Å². The number of methoxy groups -OCH3 is 1. The zero-order chi connectivity index (χ0) is 18.8. The second kappa shape index (κ2) is 15.0. The molecule has 2 aromatic rings. The van der Waals surface area contributed by atoms with Crippen molar-refractivity contribution >= 4 is 48.0 Å². The molecule has 0 saturated carbocycles. The van der Waals surface area contributed by atoms with Gasteiger partial charge in [0, 0.05) is 41.8 Å². The molecule has 0 heterocycles. The Morgan fingerprint density at radius 2 is 1.61 bits per heavy atom. The molecule has 0 aromatic heterocycles. The van der Waals surface area contributed by atoms with Gasteiger partial charge in [0.15, 0.2) is 11.5 Å². The monoisotopic (exact) mass is 470 g/mol. The van der Waals surface area contributed by atoms with Crippen LogP contribution in [0.4, 0.5) is 0 Å². The van der Waals surface area contributed by atoms with Gasteiger partial charge in [0.05, 0.1) is 13.7 Å². The Morgan fingerprint density at radius 3 is 2.25 bits per heavy atom. The maximum absolute atomic E-state index is 8.71. The smallest absolute Gasteiger partial charge is 0.161 e. The highest BCUT2D eigenvalue weighted by molar-refractivity contribution is 6.35. The lowest BCUT2D eigenvalue weighted by atomic mass is 10.2. The second-order valence-electron chi connectivity index (χ2n) is 5.62. The summed E-state index contributed by atoms with van der Waals surface area (Å²) in [5.41, 5.74) is 1.84. The summed E-state index contributed by atoms with van der Waals surface area (Å²) in [6.07, 6.45) is 0. The third-order valence-corrected chi connectivity index (χ3v) is 4.47. The van der Waals surface area contributed by atoms with Crippen LogP contribution < -0.4 is 20.1 Å². The van der Waals surface area contributed by atoms with Crippen LogP contribution in [0.1, 0.15) is 11.1 Å². The molecule has 0 aliphatic rings. The van der Waals surface area contributed by atoms with Gasteiger partial charge in [-0.05, 0) is 29.8 Å². The van der Waals surface area contributed by atoms with Crippen LogP contribution in [-0.2, 0) is 13.2 Å². The van der Waals surface area contributed by atoms with Crippen molar-refractivity contribution in [3.8, 4) is 11.5 Å². The Balaban J connectivity index is 0.00000364. The van der Waals surface area contributed by atoms with Crippen molar-refractivity contribution < 1.29 is 14.6 Å². The quantitative estimate of drug-likeness (QED) is 0.430. The van der Waals surface area contributed by atoms with E-state index >= 15 is 0 Å². The minimum Gasteiger partial charge on any atom is -0.493 e. The first kappa shape index (κ1) is 27.1. The molecule has 0 spiro atoms. The molecule has 0 unspecified atom stereocenters. The van der Waals surface area contributed by atoms with Gasteiger partial charge in [0.1, 0.15) is 6.61 Å². The van der Waals surface area contributed by atoms with E-state index in [1.807, 2.05) is 18.2 Å². The third kappa shape index (κ3) is 8.62. The first-order valence-corrected chi connectivity index (χ1v) is 9.16. The van der Waals surface area contributed by atoms with Gasteiger partial charge in [-0.15, -0.1) is 24.8 Å². The van der Waals surface area contributed by atoms with Gasteiger partial charge in [-0.25, -0.2) is 0 Å². The molecular weight excluding hydrogens is 446 g/mol. The summed E-state index contributed by atoms with van der Waals surface area (Å²) in [5, 5.41) is 16.3. The molecule has 0 aliphatic carbocycles. The number of benzene rings is 2. The van der Waals surface area contributed by atoms with E-state index in [0.717, 1.165) is 24.2 Å². The molecule has 28 heavy (non-hydrogen) atoms. The second-order valence-corrected chi connectivity index (χ2v) is 6.44. The highest BCUT2D eigenvalue weighted by Crippen LogP contribution is 2.31. The van der Waals surface area contributed by atoms with Crippen LogP contribution in [-0.4, -0.2) is 38.5 Å². The number of hydrogen-bond donors (Lipinski definition) is 3. The predicted molar refractivity (Wildman–Crippen MR) is 120 cm³/mol. The lowest BCUT2D eigenvalue weighted by molar-refractivity contribution is 0.284.